The molecule has 1 saturated heterocycles. The van der Waals surface area contributed by atoms with Crippen molar-refractivity contribution in [2.45, 2.75) is 65.1 Å². The van der Waals surface area contributed by atoms with Crippen molar-refractivity contribution in [2.75, 3.05) is 18.4 Å². The second-order valence-electron chi connectivity index (χ2n) is 13.7. The maximum Gasteiger partial charge on any atom is 0.410 e. The normalized spacial score (nSPS) is 17.6. The fourth-order valence-corrected chi connectivity index (χ4v) is 6.88. The average Bonchev–Trinajstić information content (AvgIpc) is 3.70. The Morgan fingerprint density at radius 2 is 1.67 bits per heavy atom. The van der Waals surface area contributed by atoms with E-state index in [1.165, 1.54) is 5.56 Å². The fourth-order valence-electron chi connectivity index (χ4n) is 6.88. The summed E-state index contributed by atoms with van der Waals surface area (Å²) in [6.07, 6.45) is 8.88. The van der Waals surface area contributed by atoms with Gasteiger partial charge in [-0.05, 0) is 92.8 Å². The highest BCUT2D eigenvalue weighted by molar-refractivity contribution is 5.81. The summed E-state index contributed by atoms with van der Waals surface area (Å²) in [5, 5.41) is 10.2. The van der Waals surface area contributed by atoms with E-state index in [2.05, 4.69) is 32.6 Å². The lowest BCUT2D eigenvalue weighted by molar-refractivity contribution is -0.146. The Morgan fingerprint density at radius 1 is 0.933 bits per heavy atom. The number of H-pyrrole nitrogens is 1. The molecule has 10 nitrogen and oxygen atoms in total. The summed E-state index contributed by atoms with van der Waals surface area (Å²) in [7, 11) is 0. The van der Waals surface area contributed by atoms with Gasteiger partial charge in [0, 0.05) is 61.3 Å². The number of fused-ring (bicyclic) bond motifs is 1. The van der Waals surface area contributed by atoms with Gasteiger partial charge in [0.25, 0.3) is 0 Å². The summed E-state index contributed by atoms with van der Waals surface area (Å²) in [6, 6.07) is 16.2. The van der Waals surface area contributed by atoms with Gasteiger partial charge in [0.15, 0.2) is 5.82 Å². The first-order valence-electron chi connectivity index (χ1n) is 15.7. The first-order chi connectivity index (χ1) is 21.6. The quantitative estimate of drug-likeness (QED) is 0.265. The first kappa shape index (κ1) is 29.0. The lowest BCUT2D eigenvalue weighted by atomic mass is 9.57. The van der Waals surface area contributed by atoms with E-state index in [1.54, 1.807) is 12.4 Å². The molecule has 10 heteroatoms. The van der Waals surface area contributed by atoms with Crippen LogP contribution in [0.4, 0.5) is 16.3 Å². The predicted molar refractivity (Wildman–Crippen MR) is 171 cm³/mol. The molecule has 0 atom stereocenters. The molecule has 1 saturated carbocycles. The molecule has 3 aliphatic rings. The third-order valence-electron chi connectivity index (χ3n) is 9.33. The van der Waals surface area contributed by atoms with Gasteiger partial charge in [0.2, 0.25) is 5.91 Å². The fraction of sp³-hybridized carbons (Fsp3) is 0.400. The molecule has 0 radical (unpaired) electrons. The Hall–Kier alpha value is -4.73. The van der Waals surface area contributed by atoms with E-state index < -0.39 is 5.60 Å². The van der Waals surface area contributed by atoms with Crippen LogP contribution >= 0.6 is 0 Å². The topological polar surface area (TPSA) is 116 Å². The highest BCUT2D eigenvalue weighted by Gasteiger charge is 2.50. The number of carbonyl (C=O) groups is 2. The van der Waals surface area contributed by atoms with E-state index in [4.69, 9.17) is 9.72 Å². The lowest BCUT2D eigenvalue weighted by Crippen LogP contribution is -2.52. The van der Waals surface area contributed by atoms with Crippen molar-refractivity contribution in [3.8, 4) is 22.5 Å². The van der Waals surface area contributed by atoms with Crippen LogP contribution in [0.25, 0.3) is 22.5 Å². The number of benzene rings is 2. The van der Waals surface area contributed by atoms with Crippen LogP contribution in [0.1, 0.15) is 57.6 Å². The van der Waals surface area contributed by atoms with Gasteiger partial charge in [0.05, 0.1) is 6.20 Å². The van der Waals surface area contributed by atoms with Crippen molar-refractivity contribution in [3.63, 3.8) is 0 Å². The minimum absolute atomic E-state index is 0.0618. The van der Waals surface area contributed by atoms with Gasteiger partial charge in [-0.15, -0.1) is 0 Å². The average molecular weight is 606 g/mol. The van der Waals surface area contributed by atoms with Crippen LogP contribution in [0.2, 0.25) is 0 Å². The number of hydrogen-bond donors (Lipinski definition) is 2. The maximum absolute atomic E-state index is 13.5. The molecule has 2 fully saturated rings. The Balaban J connectivity index is 0.942. The van der Waals surface area contributed by atoms with Gasteiger partial charge in [-0.25, -0.2) is 14.8 Å². The maximum atomic E-state index is 13.5. The van der Waals surface area contributed by atoms with Gasteiger partial charge in [0.1, 0.15) is 11.4 Å². The van der Waals surface area contributed by atoms with Gasteiger partial charge < -0.3 is 19.9 Å². The highest BCUT2D eigenvalue weighted by Crippen LogP contribution is 2.53. The molecule has 4 heterocycles. The summed E-state index contributed by atoms with van der Waals surface area (Å²) in [5.41, 5.74) is 6.01. The largest absolute Gasteiger partial charge is 0.444 e. The summed E-state index contributed by atoms with van der Waals surface area (Å²) < 4.78 is 5.55. The minimum atomic E-state index is -0.488. The number of rotatable bonds is 5. The van der Waals surface area contributed by atoms with Crippen molar-refractivity contribution in [1.29, 1.82) is 0 Å². The van der Waals surface area contributed by atoms with Crippen molar-refractivity contribution in [1.82, 2.24) is 30.0 Å². The van der Waals surface area contributed by atoms with Gasteiger partial charge in [-0.3, -0.25) is 9.89 Å². The van der Waals surface area contributed by atoms with Crippen LogP contribution in [-0.4, -0.2) is 60.7 Å². The Labute approximate surface area is 263 Å². The number of piperidine rings is 1. The lowest BCUT2D eigenvalue weighted by Gasteiger charge is -2.52. The third-order valence-corrected chi connectivity index (χ3v) is 9.33. The van der Waals surface area contributed by atoms with E-state index in [0.29, 0.717) is 37.8 Å². The molecule has 2 amide bonds. The van der Waals surface area contributed by atoms with Crippen molar-refractivity contribution in [3.05, 3.63) is 78.2 Å². The molecule has 2 aromatic heterocycles. The standard InChI is InChI=1S/C35H39N7O3/c1-34(2,3)45-33(44)41-14-11-35(12-15-41)17-27(18-35)32(43)42-21-25-5-4-24(16-26(25)22-42)31-36-13-10-30(40-31)39-29-8-6-23(7-9-29)28-19-37-38-20-28/h4-10,13,16,19-20,27H,11-12,14-15,17-18,21-22H2,1-3H3,(H,37,38)(H,36,39,40). The summed E-state index contributed by atoms with van der Waals surface area (Å²) >= 11 is 0. The van der Waals surface area contributed by atoms with E-state index in [1.807, 2.05) is 73.2 Å². The monoisotopic (exact) mass is 605 g/mol. The predicted octanol–water partition coefficient (Wildman–Crippen LogP) is 6.55. The summed E-state index contributed by atoms with van der Waals surface area (Å²) in [5.74, 6) is 1.66. The van der Waals surface area contributed by atoms with Gasteiger partial charge in [-0.1, -0.05) is 24.3 Å². The smallest absolute Gasteiger partial charge is 0.410 e. The number of aromatic amines is 1. The molecule has 232 valence electrons. The van der Waals surface area contributed by atoms with Crippen molar-refractivity contribution >= 4 is 23.5 Å². The molecular weight excluding hydrogens is 566 g/mol. The molecule has 0 unspecified atom stereocenters. The molecular formula is C35H39N7O3. The molecule has 2 N–H and O–H groups in total. The number of nitrogens with zero attached hydrogens (tertiary/aromatic N) is 5. The SMILES string of the molecule is CC(C)(C)OC(=O)N1CCC2(CC1)CC(C(=O)N1Cc3ccc(-c4nccc(Nc5ccc(-c6cn[nH]c6)cc5)n4)cc3C1)C2. The molecule has 0 bridgehead atoms. The first-order valence-corrected chi connectivity index (χ1v) is 15.7. The highest BCUT2D eigenvalue weighted by atomic mass is 16.6. The molecule has 2 aliphatic heterocycles. The number of aromatic nitrogens is 4. The van der Waals surface area contributed by atoms with Crippen molar-refractivity contribution in [2.24, 2.45) is 11.3 Å². The number of ether oxygens (including phenoxy) is 1. The van der Waals surface area contributed by atoms with E-state index in [-0.39, 0.29) is 23.3 Å². The van der Waals surface area contributed by atoms with Crippen LogP contribution in [0.3, 0.4) is 0 Å². The third kappa shape index (κ3) is 6.14. The zero-order chi connectivity index (χ0) is 31.2. The molecule has 2 aromatic carbocycles. The number of nitrogens with one attached hydrogen (secondary N) is 2. The molecule has 1 aliphatic carbocycles. The Morgan fingerprint density at radius 3 is 2.38 bits per heavy atom. The number of amides is 2. The number of anilines is 2. The number of carbonyl (C=O) groups excluding carboxylic acids is 2. The molecule has 4 aromatic rings. The second-order valence-corrected chi connectivity index (χ2v) is 13.7. The molecule has 1 spiro atoms. The van der Waals surface area contributed by atoms with Crippen LogP contribution in [-0.2, 0) is 22.6 Å². The molecule has 7 rings (SSSR count). The van der Waals surface area contributed by atoms with Gasteiger partial charge >= 0.3 is 6.09 Å². The second kappa shape index (κ2) is 11.3. The minimum Gasteiger partial charge on any atom is -0.444 e. The van der Waals surface area contributed by atoms with E-state index in [9.17, 15) is 9.59 Å². The van der Waals surface area contributed by atoms with Gasteiger partial charge in [-0.2, -0.15) is 5.10 Å². The number of likely N-dealkylation sites (tertiary alicyclic amines) is 1. The van der Waals surface area contributed by atoms with Crippen LogP contribution in [0.5, 0.6) is 0 Å². The zero-order valence-electron chi connectivity index (χ0n) is 26.0. The zero-order valence-corrected chi connectivity index (χ0v) is 26.0. The molecule has 45 heavy (non-hydrogen) atoms. The Kier molecular flexibility index (Phi) is 7.30. The summed E-state index contributed by atoms with van der Waals surface area (Å²) in [4.78, 5) is 39.1. The van der Waals surface area contributed by atoms with Crippen LogP contribution < -0.4 is 5.32 Å². The van der Waals surface area contributed by atoms with E-state index >= 15 is 0 Å². The van der Waals surface area contributed by atoms with E-state index in [0.717, 1.165) is 53.6 Å². The Bertz CT molecular complexity index is 1700. The number of hydrogen-bond acceptors (Lipinski definition) is 7. The summed E-state index contributed by atoms with van der Waals surface area (Å²) in [6.45, 7) is 8.33. The van der Waals surface area contributed by atoms with Crippen molar-refractivity contribution < 1.29 is 14.3 Å². The van der Waals surface area contributed by atoms with Crippen LogP contribution in [0, 0.1) is 11.3 Å². The van der Waals surface area contributed by atoms with Crippen LogP contribution in [0.15, 0.2) is 67.1 Å².